The third-order valence-corrected chi connectivity index (χ3v) is 7.34. The molecule has 0 aliphatic rings. The van der Waals surface area contributed by atoms with Crippen molar-refractivity contribution in [2.45, 2.75) is 59.5 Å². The Morgan fingerprint density at radius 2 is 1.58 bits per heavy atom. The van der Waals surface area contributed by atoms with Crippen LogP contribution in [0.1, 0.15) is 47.5 Å². The fraction of sp³-hybridized carbons (Fsp3) is 0.400. The third kappa shape index (κ3) is 5.43. The lowest BCUT2D eigenvalue weighted by molar-refractivity contribution is 0.351. The summed E-state index contributed by atoms with van der Waals surface area (Å²) < 4.78 is 30.4. The van der Waals surface area contributed by atoms with Gasteiger partial charge in [-0.05, 0) is 62.4 Å². The summed E-state index contributed by atoms with van der Waals surface area (Å²) in [6, 6.07) is 11.4. The van der Waals surface area contributed by atoms with Crippen molar-refractivity contribution in [2.75, 3.05) is 6.54 Å². The Labute approximate surface area is 186 Å². The summed E-state index contributed by atoms with van der Waals surface area (Å²) >= 11 is 0. The Kier molecular flexibility index (Phi) is 7.02. The van der Waals surface area contributed by atoms with Gasteiger partial charge in [-0.3, -0.25) is 0 Å². The van der Waals surface area contributed by atoms with Crippen LogP contribution in [0.5, 0.6) is 0 Å². The Hall–Kier alpha value is -2.44. The smallest absolute Gasteiger partial charge is 0.243 e. The zero-order valence-corrected chi connectivity index (χ0v) is 20.2. The van der Waals surface area contributed by atoms with Crippen molar-refractivity contribution in [2.24, 2.45) is 5.92 Å². The van der Waals surface area contributed by atoms with Crippen LogP contribution in [0, 0.1) is 33.6 Å². The van der Waals surface area contributed by atoms with E-state index in [1.54, 1.807) is 22.6 Å². The second-order valence-corrected chi connectivity index (χ2v) is 10.8. The maximum absolute atomic E-state index is 13.4. The number of hydrogen-bond donors (Lipinski definition) is 0. The van der Waals surface area contributed by atoms with E-state index in [9.17, 15) is 8.42 Å². The Morgan fingerprint density at radius 3 is 2.16 bits per heavy atom. The van der Waals surface area contributed by atoms with Crippen LogP contribution in [-0.4, -0.2) is 28.8 Å². The molecule has 6 heteroatoms. The number of aryl methyl sites for hydroxylation is 4. The molecule has 3 rings (SSSR count). The van der Waals surface area contributed by atoms with Crippen LogP contribution in [0.4, 0.5) is 0 Å². The zero-order chi connectivity index (χ0) is 22.8. The molecule has 1 heterocycles. The van der Waals surface area contributed by atoms with Gasteiger partial charge in [0.25, 0.3) is 0 Å². The topological polar surface area (TPSA) is 55.2 Å². The SMILES string of the molecule is Cc1ccc(S(=O)(=O)N(Cc2nccn2Cc2c(C)cc(C)cc2C)CC(C)C)cc1. The predicted octanol–water partition coefficient (Wildman–Crippen LogP) is 5.01. The molecule has 31 heavy (non-hydrogen) atoms. The lowest BCUT2D eigenvalue weighted by Gasteiger charge is -2.24. The molecule has 0 N–H and O–H groups in total. The summed E-state index contributed by atoms with van der Waals surface area (Å²) in [5.74, 6) is 0.945. The number of aromatic nitrogens is 2. The van der Waals surface area contributed by atoms with Gasteiger partial charge in [-0.25, -0.2) is 13.4 Å². The summed E-state index contributed by atoms with van der Waals surface area (Å²) in [6.45, 7) is 13.7. The van der Waals surface area contributed by atoms with Crippen molar-refractivity contribution in [3.8, 4) is 0 Å². The summed E-state index contributed by atoms with van der Waals surface area (Å²) in [5.41, 5.74) is 6.01. The predicted molar refractivity (Wildman–Crippen MR) is 126 cm³/mol. The van der Waals surface area contributed by atoms with Crippen molar-refractivity contribution < 1.29 is 8.42 Å². The van der Waals surface area contributed by atoms with Gasteiger partial charge >= 0.3 is 0 Å². The second-order valence-electron chi connectivity index (χ2n) is 8.85. The summed E-state index contributed by atoms with van der Waals surface area (Å²) in [6.07, 6.45) is 3.68. The van der Waals surface area contributed by atoms with E-state index in [1.165, 1.54) is 22.3 Å². The van der Waals surface area contributed by atoms with E-state index in [0.29, 0.717) is 18.0 Å². The van der Waals surface area contributed by atoms with Gasteiger partial charge in [-0.2, -0.15) is 4.31 Å². The summed E-state index contributed by atoms with van der Waals surface area (Å²) in [5, 5.41) is 0. The van der Waals surface area contributed by atoms with Crippen LogP contribution in [0.25, 0.3) is 0 Å². The van der Waals surface area contributed by atoms with Crippen molar-refractivity contribution in [3.63, 3.8) is 0 Å². The molecule has 166 valence electrons. The lowest BCUT2D eigenvalue weighted by Crippen LogP contribution is -2.34. The molecule has 1 aromatic heterocycles. The lowest BCUT2D eigenvalue weighted by atomic mass is 10.00. The highest BCUT2D eigenvalue weighted by molar-refractivity contribution is 7.89. The molecule has 0 saturated heterocycles. The highest BCUT2D eigenvalue weighted by atomic mass is 32.2. The molecular formula is C25H33N3O2S. The maximum atomic E-state index is 13.4. The first kappa shape index (κ1) is 23.2. The summed E-state index contributed by atoms with van der Waals surface area (Å²) in [7, 11) is -3.62. The minimum atomic E-state index is -3.62. The van der Waals surface area contributed by atoms with Gasteiger partial charge in [0.2, 0.25) is 10.0 Å². The molecule has 0 spiro atoms. The van der Waals surface area contributed by atoms with E-state index >= 15 is 0 Å². The van der Waals surface area contributed by atoms with Gasteiger partial charge < -0.3 is 4.57 Å². The van der Waals surface area contributed by atoms with Gasteiger partial charge in [0.05, 0.1) is 11.4 Å². The van der Waals surface area contributed by atoms with Crippen molar-refractivity contribution in [3.05, 3.63) is 82.4 Å². The standard InChI is InChI=1S/C25H33N3O2S/c1-18(2)15-28(31(29,30)23-9-7-19(3)8-10-23)17-25-26-11-12-27(25)16-24-21(5)13-20(4)14-22(24)6/h7-14,18H,15-17H2,1-6H3. The van der Waals surface area contributed by atoms with E-state index < -0.39 is 10.0 Å². The highest BCUT2D eigenvalue weighted by Gasteiger charge is 2.27. The molecular weight excluding hydrogens is 406 g/mol. The number of benzene rings is 2. The second kappa shape index (κ2) is 9.37. The quantitative estimate of drug-likeness (QED) is 0.496. The largest absolute Gasteiger partial charge is 0.329 e. The van der Waals surface area contributed by atoms with Crippen LogP contribution >= 0.6 is 0 Å². The first-order valence-electron chi connectivity index (χ1n) is 10.7. The Balaban J connectivity index is 1.92. The van der Waals surface area contributed by atoms with Crippen molar-refractivity contribution in [1.82, 2.24) is 13.9 Å². The molecule has 0 bridgehead atoms. The van der Waals surface area contributed by atoms with E-state index in [1.807, 2.05) is 39.1 Å². The minimum absolute atomic E-state index is 0.199. The van der Waals surface area contributed by atoms with Crippen LogP contribution in [0.2, 0.25) is 0 Å². The molecule has 0 atom stereocenters. The first-order valence-corrected chi connectivity index (χ1v) is 12.2. The van der Waals surface area contributed by atoms with Crippen molar-refractivity contribution >= 4 is 10.0 Å². The average molecular weight is 440 g/mol. The van der Waals surface area contributed by atoms with E-state index in [4.69, 9.17) is 0 Å². The maximum Gasteiger partial charge on any atom is 0.243 e. The molecule has 0 aliphatic heterocycles. The Bertz CT molecular complexity index is 1120. The molecule has 0 unspecified atom stereocenters. The first-order chi connectivity index (χ1) is 14.6. The van der Waals surface area contributed by atoms with Crippen LogP contribution in [-0.2, 0) is 23.1 Å². The van der Waals surface area contributed by atoms with Crippen LogP contribution in [0.3, 0.4) is 0 Å². The normalized spacial score (nSPS) is 12.1. The van der Waals surface area contributed by atoms with Gasteiger partial charge in [0.15, 0.2) is 0 Å². The fourth-order valence-electron chi connectivity index (χ4n) is 3.94. The van der Waals surface area contributed by atoms with E-state index in [-0.39, 0.29) is 12.5 Å². The molecule has 3 aromatic rings. The van der Waals surface area contributed by atoms with Gasteiger partial charge in [0.1, 0.15) is 5.82 Å². The highest BCUT2D eigenvalue weighted by Crippen LogP contribution is 2.22. The average Bonchev–Trinajstić information content (AvgIpc) is 3.11. The van der Waals surface area contributed by atoms with Gasteiger partial charge in [-0.1, -0.05) is 49.2 Å². The van der Waals surface area contributed by atoms with Crippen molar-refractivity contribution in [1.29, 1.82) is 0 Å². The Morgan fingerprint density at radius 1 is 0.968 bits per heavy atom. The molecule has 5 nitrogen and oxygen atoms in total. The zero-order valence-electron chi connectivity index (χ0n) is 19.4. The fourth-order valence-corrected chi connectivity index (χ4v) is 5.50. The number of imidazole rings is 1. The van der Waals surface area contributed by atoms with Crippen LogP contribution < -0.4 is 0 Å². The third-order valence-electron chi connectivity index (χ3n) is 5.52. The molecule has 0 fully saturated rings. The van der Waals surface area contributed by atoms with Gasteiger partial charge in [-0.15, -0.1) is 0 Å². The van der Waals surface area contributed by atoms with Crippen LogP contribution in [0.15, 0.2) is 53.7 Å². The molecule has 0 saturated carbocycles. The molecule has 0 aliphatic carbocycles. The summed E-state index contributed by atoms with van der Waals surface area (Å²) in [4.78, 5) is 4.84. The number of sulfonamides is 1. The molecule has 2 aromatic carbocycles. The van der Waals surface area contributed by atoms with E-state index in [0.717, 1.165) is 11.4 Å². The molecule has 0 amide bonds. The monoisotopic (exact) mass is 439 g/mol. The minimum Gasteiger partial charge on any atom is -0.329 e. The van der Waals surface area contributed by atoms with E-state index in [2.05, 4.69) is 42.5 Å². The van der Waals surface area contributed by atoms with Gasteiger partial charge in [0, 0.05) is 25.5 Å². The number of nitrogens with zero attached hydrogens (tertiary/aromatic N) is 3. The number of hydrogen-bond acceptors (Lipinski definition) is 3. The molecule has 0 radical (unpaired) electrons. The number of rotatable bonds is 8.